The van der Waals surface area contributed by atoms with Crippen LogP contribution in [0.2, 0.25) is 0 Å². The van der Waals surface area contributed by atoms with Crippen molar-refractivity contribution in [3.63, 3.8) is 0 Å². The van der Waals surface area contributed by atoms with Crippen molar-refractivity contribution in [1.82, 2.24) is 10.1 Å². The van der Waals surface area contributed by atoms with Crippen LogP contribution in [0.1, 0.15) is 57.3 Å². The average molecular weight is 316 g/mol. The third-order valence-corrected chi connectivity index (χ3v) is 3.48. The van der Waals surface area contributed by atoms with Gasteiger partial charge in [0.2, 0.25) is 0 Å². The fourth-order valence-corrected chi connectivity index (χ4v) is 2.46. The number of amides is 1. The summed E-state index contributed by atoms with van der Waals surface area (Å²) in [6.45, 7) is 9.66. The Bertz CT molecular complexity index is 558. The molecule has 0 spiro atoms. The zero-order chi connectivity index (χ0) is 17.1. The lowest BCUT2D eigenvalue weighted by Gasteiger charge is -2.26. The molecule has 0 atom stereocenters. The quantitative estimate of drug-likeness (QED) is 0.781. The highest BCUT2D eigenvalue weighted by atomic mass is 16.5. The zero-order valence-electron chi connectivity index (χ0n) is 14.7. The molecule has 1 aliphatic rings. The molecule has 4 heteroatoms. The Balaban J connectivity index is 0.000000615. The Morgan fingerprint density at radius 1 is 1.00 bits per heavy atom. The van der Waals surface area contributed by atoms with Gasteiger partial charge in [0.1, 0.15) is 5.56 Å². The van der Waals surface area contributed by atoms with Crippen LogP contribution in [0, 0.1) is 0 Å². The molecule has 23 heavy (non-hydrogen) atoms. The van der Waals surface area contributed by atoms with Crippen LogP contribution < -0.4 is 0 Å². The SMILES string of the molecule is CC.CC.O=C(c1cnoc1-c1ccccc1)N1CCCCC1. The summed E-state index contributed by atoms with van der Waals surface area (Å²) in [5, 5.41) is 3.79. The highest BCUT2D eigenvalue weighted by molar-refractivity contribution is 5.99. The van der Waals surface area contributed by atoms with Crippen LogP contribution in [-0.4, -0.2) is 29.1 Å². The van der Waals surface area contributed by atoms with E-state index >= 15 is 0 Å². The number of carbonyl (C=O) groups excluding carboxylic acids is 1. The van der Waals surface area contributed by atoms with E-state index < -0.39 is 0 Å². The molecule has 4 nitrogen and oxygen atoms in total. The van der Waals surface area contributed by atoms with Gasteiger partial charge in [0.25, 0.3) is 5.91 Å². The van der Waals surface area contributed by atoms with Crippen LogP contribution in [-0.2, 0) is 0 Å². The van der Waals surface area contributed by atoms with Crippen LogP contribution in [0.15, 0.2) is 41.1 Å². The largest absolute Gasteiger partial charge is 0.355 e. The predicted octanol–water partition coefficient (Wildman–Crippen LogP) is 5.02. The van der Waals surface area contributed by atoms with Crippen molar-refractivity contribution in [2.45, 2.75) is 47.0 Å². The summed E-state index contributed by atoms with van der Waals surface area (Å²) in [6, 6.07) is 9.63. The van der Waals surface area contributed by atoms with Gasteiger partial charge in [-0.25, -0.2) is 0 Å². The fraction of sp³-hybridized carbons (Fsp3) is 0.474. The summed E-state index contributed by atoms with van der Waals surface area (Å²) in [5.41, 5.74) is 1.45. The van der Waals surface area contributed by atoms with E-state index in [-0.39, 0.29) is 5.91 Å². The topological polar surface area (TPSA) is 46.3 Å². The van der Waals surface area contributed by atoms with E-state index in [4.69, 9.17) is 4.52 Å². The monoisotopic (exact) mass is 316 g/mol. The Kier molecular flexibility index (Phi) is 8.73. The number of hydrogen-bond acceptors (Lipinski definition) is 3. The Labute approximate surface area is 139 Å². The molecular weight excluding hydrogens is 288 g/mol. The Morgan fingerprint density at radius 3 is 2.22 bits per heavy atom. The minimum atomic E-state index is 0.0276. The van der Waals surface area contributed by atoms with E-state index in [0.29, 0.717) is 11.3 Å². The maximum atomic E-state index is 12.5. The molecule has 0 unspecified atom stereocenters. The summed E-state index contributed by atoms with van der Waals surface area (Å²) in [6.07, 6.45) is 4.90. The highest BCUT2D eigenvalue weighted by Gasteiger charge is 2.24. The number of hydrogen-bond donors (Lipinski definition) is 0. The number of piperidine rings is 1. The van der Waals surface area contributed by atoms with Gasteiger partial charge in [-0.15, -0.1) is 0 Å². The van der Waals surface area contributed by atoms with Gasteiger partial charge in [0.15, 0.2) is 5.76 Å². The average Bonchev–Trinajstić information content (AvgIpc) is 3.16. The Morgan fingerprint density at radius 2 is 1.61 bits per heavy atom. The van der Waals surface area contributed by atoms with E-state index in [9.17, 15) is 4.79 Å². The first-order valence-electron chi connectivity index (χ1n) is 8.65. The lowest BCUT2D eigenvalue weighted by molar-refractivity contribution is 0.0724. The van der Waals surface area contributed by atoms with Gasteiger partial charge in [0.05, 0.1) is 6.20 Å². The number of benzene rings is 1. The molecule has 2 aromatic rings. The van der Waals surface area contributed by atoms with Crippen molar-refractivity contribution in [2.24, 2.45) is 0 Å². The van der Waals surface area contributed by atoms with Crippen molar-refractivity contribution in [2.75, 3.05) is 13.1 Å². The van der Waals surface area contributed by atoms with Crippen LogP contribution in [0.3, 0.4) is 0 Å². The van der Waals surface area contributed by atoms with Crippen LogP contribution >= 0.6 is 0 Å². The molecular formula is C19H28N2O2. The summed E-state index contributed by atoms with van der Waals surface area (Å²) in [4.78, 5) is 14.4. The molecule has 0 N–H and O–H groups in total. The molecule has 1 aromatic carbocycles. The highest BCUT2D eigenvalue weighted by Crippen LogP contribution is 2.25. The minimum Gasteiger partial charge on any atom is -0.355 e. The second-order valence-corrected chi connectivity index (χ2v) is 4.79. The van der Waals surface area contributed by atoms with Gasteiger partial charge in [-0.1, -0.05) is 63.2 Å². The first-order chi connectivity index (χ1) is 11.4. The molecule has 1 saturated heterocycles. The van der Waals surface area contributed by atoms with Gasteiger partial charge in [-0.05, 0) is 19.3 Å². The van der Waals surface area contributed by atoms with Crippen molar-refractivity contribution in [1.29, 1.82) is 0 Å². The summed E-state index contributed by atoms with van der Waals surface area (Å²) in [7, 11) is 0. The number of rotatable bonds is 2. The van der Waals surface area contributed by atoms with Gasteiger partial charge >= 0.3 is 0 Å². The van der Waals surface area contributed by atoms with Crippen LogP contribution in [0.25, 0.3) is 11.3 Å². The van der Waals surface area contributed by atoms with E-state index in [0.717, 1.165) is 31.5 Å². The minimum absolute atomic E-state index is 0.0276. The normalized spacial score (nSPS) is 13.3. The molecule has 1 fully saturated rings. The fourth-order valence-electron chi connectivity index (χ4n) is 2.46. The van der Waals surface area contributed by atoms with Crippen molar-refractivity contribution < 1.29 is 9.32 Å². The second kappa shape index (κ2) is 10.6. The first-order valence-corrected chi connectivity index (χ1v) is 8.65. The predicted molar refractivity (Wildman–Crippen MR) is 94.4 cm³/mol. The lowest BCUT2D eigenvalue weighted by Crippen LogP contribution is -2.35. The summed E-state index contributed by atoms with van der Waals surface area (Å²) in [5.74, 6) is 0.593. The molecule has 1 amide bonds. The van der Waals surface area contributed by atoms with Crippen molar-refractivity contribution in [3.8, 4) is 11.3 Å². The van der Waals surface area contributed by atoms with E-state index in [1.54, 1.807) is 0 Å². The molecule has 0 saturated carbocycles. The van der Waals surface area contributed by atoms with Crippen molar-refractivity contribution in [3.05, 3.63) is 42.1 Å². The van der Waals surface area contributed by atoms with E-state index in [1.165, 1.54) is 12.6 Å². The molecule has 0 radical (unpaired) electrons. The third-order valence-electron chi connectivity index (χ3n) is 3.48. The molecule has 1 aromatic heterocycles. The number of aromatic nitrogens is 1. The lowest BCUT2D eigenvalue weighted by atomic mass is 10.1. The number of carbonyl (C=O) groups is 1. The van der Waals surface area contributed by atoms with Crippen molar-refractivity contribution >= 4 is 5.91 Å². The van der Waals surface area contributed by atoms with Gasteiger partial charge in [-0.3, -0.25) is 4.79 Å². The zero-order valence-corrected chi connectivity index (χ0v) is 14.7. The molecule has 3 rings (SSSR count). The standard InChI is InChI=1S/C15H16N2O2.2C2H6/c18-15(17-9-5-2-6-10-17)13-11-16-19-14(13)12-7-3-1-4-8-12;2*1-2/h1,3-4,7-8,11H,2,5-6,9-10H2;2*1-2H3. The number of nitrogens with zero attached hydrogens (tertiary/aromatic N) is 2. The molecule has 0 bridgehead atoms. The van der Waals surface area contributed by atoms with Gasteiger partial charge in [-0.2, -0.15) is 0 Å². The maximum absolute atomic E-state index is 12.5. The summed E-state index contributed by atoms with van der Waals surface area (Å²) < 4.78 is 5.27. The summed E-state index contributed by atoms with van der Waals surface area (Å²) >= 11 is 0. The first kappa shape index (κ1) is 18.9. The van der Waals surface area contributed by atoms with E-state index in [2.05, 4.69) is 5.16 Å². The van der Waals surface area contributed by atoms with Gasteiger partial charge in [0, 0.05) is 18.7 Å². The molecule has 2 heterocycles. The smallest absolute Gasteiger partial charge is 0.259 e. The van der Waals surface area contributed by atoms with Crippen LogP contribution in [0.5, 0.6) is 0 Å². The molecule has 126 valence electrons. The number of likely N-dealkylation sites (tertiary alicyclic amines) is 1. The maximum Gasteiger partial charge on any atom is 0.259 e. The Hall–Kier alpha value is -2.10. The second-order valence-electron chi connectivity index (χ2n) is 4.79. The van der Waals surface area contributed by atoms with Crippen LogP contribution in [0.4, 0.5) is 0 Å². The molecule has 0 aliphatic carbocycles. The third kappa shape index (κ3) is 4.95. The van der Waals surface area contributed by atoms with Gasteiger partial charge < -0.3 is 9.42 Å². The van der Waals surface area contributed by atoms with E-state index in [1.807, 2.05) is 62.9 Å². The molecule has 1 aliphatic heterocycles.